The molecule has 3 heteroatoms. The lowest BCUT2D eigenvalue weighted by molar-refractivity contribution is -0.356. The monoisotopic (exact) mass is 208 g/mol. The van der Waals surface area contributed by atoms with Crippen molar-refractivity contribution in [2.24, 2.45) is 0 Å². The SMILES string of the molecule is C=[P+](C=C([O-])OCC)c1ccccc1. The largest absolute Gasteiger partial charge is 0.611 e. The van der Waals surface area contributed by atoms with Gasteiger partial charge >= 0.3 is 0 Å². The highest BCUT2D eigenvalue weighted by Crippen LogP contribution is 2.21. The highest BCUT2D eigenvalue weighted by molar-refractivity contribution is 7.66. The van der Waals surface area contributed by atoms with Crippen molar-refractivity contribution in [3.8, 4) is 0 Å². The second-order valence-corrected chi connectivity index (χ2v) is 4.40. The molecule has 0 saturated heterocycles. The van der Waals surface area contributed by atoms with Gasteiger partial charge in [-0.15, -0.1) is 0 Å². The molecule has 0 heterocycles. The van der Waals surface area contributed by atoms with Crippen LogP contribution in [0.4, 0.5) is 0 Å². The van der Waals surface area contributed by atoms with E-state index in [9.17, 15) is 5.11 Å². The van der Waals surface area contributed by atoms with Crippen LogP contribution >= 0.6 is 7.55 Å². The van der Waals surface area contributed by atoms with E-state index in [4.69, 9.17) is 4.74 Å². The van der Waals surface area contributed by atoms with Crippen molar-refractivity contribution < 1.29 is 9.84 Å². The van der Waals surface area contributed by atoms with Gasteiger partial charge in [0, 0.05) is 0 Å². The molecule has 74 valence electrons. The van der Waals surface area contributed by atoms with Crippen LogP contribution in [-0.2, 0) is 4.74 Å². The van der Waals surface area contributed by atoms with Crippen LogP contribution in [0.3, 0.4) is 0 Å². The van der Waals surface area contributed by atoms with E-state index in [1.807, 2.05) is 30.3 Å². The molecule has 0 amide bonds. The van der Waals surface area contributed by atoms with Gasteiger partial charge in [-0.3, -0.25) is 0 Å². The van der Waals surface area contributed by atoms with Crippen molar-refractivity contribution in [2.45, 2.75) is 6.92 Å². The molecule has 0 fully saturated rings. The lowest BCUT2D eigenvalue weighted by Gasteiger charge is -2.08. The van der Waals surface area contributed by atoms with Gasteiger partial charge in [-0.05, 0) is 18.7 Å². The minimum atomic E-state index is -0.776. The van der Waals surface area contributed by atoms with Crippen molar-refractivity contribution in [3.63, 3.8) is 0 Å². The Morgan fingerprint density at radius 2 is 2.14 bits per heavy atom. The first kappa shape index (κ1) is 10.8. The molecule has 14 heavy (non-hydrogen) atoms. The molecular weight excluding hydrogens is 195 g/mol. The van der Waals surface area contributed by atoms with Gasteiger partial charge in [-0.1, -0.05) is 25.1 Å². The Morgan fingerprint density at radius 3 is 2.71 bits per heavy atom. The summed E-state index contributed by atoms with van der Waals surface area (Å²) in [5.41, 5.74) is 0. The van der Waals surface area contributed by atoms with Crippen LogP contribution < -0.4 is 10.4 Å². The Kier molecular flexibility index (Phi) is 4.21. The first-order valence-electron chi connectivity index (χ1n) is 4.40. The summed E-state index contributed by atoms with van der Waals surface area (Å²) in [4.78, 5) is 0. The highest BCUT2D eigenvalue weighted by Gasteiger charge is 2.05. The average Bonchev–Trinajstić information content (AvgIpc) is 2.19. The average molecular weight is 208 g/mol. The zero-order valence-corrected chi connectivity index (χ0v) is 9.04. The van der Waals surface area contributed by atoms with E-state index in [1.165, 1.54) is 0 Å². The zero-order valence-electron chi connectivity index (χ0n) is 8.14. The maximum atomic E-state index is 11.1. The molecule has 0 radical (unpaired) electrons. The Labute approximate surface area is 85.2 Å². The van der Waals surface area contributed by atoms with Crippen LogP contribution in [0.25, 0.3) is 0 Å². The fraction of sp³-hybridized carbons (Fsp3) is 0.182. The molecule has 0 aliphatic rings. The summed E-state index contributed by atoms with van der Waals surface area (Å²) >= 11 is 0. The predicted molar refractivity (Wildman–Crippen MR) is 59.8 cm³/mol. The Hall–Kier alpha value is -1.27. The van der Waals surface area contributed by atoms with Gasteiger partial charge in [0.15, 0.2) is 12.8 Å². The van der Waals surface area contributed by atoms with Gasteiger partial charge in [0.05, 0.1) is 12.2 Å². The summed E-state index contributed by atoms with van der Waals surface area (Å²) in [6, 6.07) is 9.75. The van der Waals surface area contributed by atoms with E-state index in [1.54, 1.807) is 12.7 Å². The highest BCUT2D eigenvalue weighted by atomic mass is 31.1. The Balaban J connectivity index is 2.72. The third-order valence-electron chi connectivity index (χ3n) is 1.64. The Bertz CT molecular complexity index is 330. The van der Waals surface area contributed by atoms with Gasteiger partial charge in [-0.25, -0.2) is 0 Å². The number of hydrogen-bond acceptors (Lipinski definition) is 2. The van der Waals surface area contributed by atoms with Gasteiger partial charge in [0.2, 0.25) is 0 Å². The minimum Gasteiger partial charge on any atom is -0.611 e. The molecule has 0 spiro atoms. The number of ether oxygens (including phenoxy) is 1. The summed E-state index contributed by atoms with van der Waals surface area (Å²) in [5, 5.41) is 12.2. The topological polar surface area (TPSA) is 32.3 Å². The predicted octanol–water partition coefficient (Wildman–Crippen LogP) is 1.42. The van der Waals surface area contributed by atoms with E-state index in [-0.39, 0.29) is 5.95 Å². The minimum absolute atomic E-state index is 0.280. The summed E-state index contributed by atoms with van der Waals surface area (Å²) in [6.45, 7) is 2.20. The second kappa shape index (κ2) is 5.46. The van der Waals surface area contributed by atoms with Gasteiger partial charge < -0.3 is 9.84 Å². The van der Waals surface area contributed by atoms with Gasteiger partial charge in [0.25, 0.3) is 0 Å². The van der Waals surface area contributed by atoms with Crippen molar-refractivity contribution in [1.29, 1.82) is 0 Å². The lowest BCUT2D eigenvalue weighted by atomic mass is 10.4. The van der Waals surface area contributed by atoms with Gasteiger partial charge in [-0.2, -0.15) is 0 Å². The lowest BCUT2D eigenvalue weighted by Crippen LogP contribution is -2.07. The van der Waals surface area contributed by atoms with Crippen LogP contribution in [0.5, 0.6) is 0 Å². The summed E-state index contributed by atoms with van der Waals surface area (Å²) < 4.78 is 4.82. The number of hydrogen-bond donors (Lipinski definition) is 0. The molecule has 1 aromatic rings. The number of rotatable bonds is 4. The maximum absolute atomic E-state index is 11.1. The van der Waals surface area contributed by atoms with Crippen molar-refractivity contribution in [2.75, 3.05) is 6.61 Å². The van der Waals surface area contributed by atoms with E-state index >= 15 is 0 Å². The van der Waals surface area contributed by atoms with E-state index < -0.39 is 7.55 Å². The molecule has 1 rings (SSSR count). The van der Waals surface area contributed by atoms with Gasteiger partial charge in [0.1, 0.15) is 5.82 Å². The van der Waals surface area contributed by atoms with Crippen LogP contribution in [0.1, 0.15) is 6.92 Å². The number of benzene rings is 1. The molecule has 0 aliphatic heterocycles. The molecular formula is C11H13O2P. The summed E-state index contributed by atoms with van der Waals surface area (Å²) in [5.74, 6) is 1.27. The smallest absolute Gasteiger partial charge is 0.156 e. The molecule has 0 saturated carbocycles. The second-order valence-electron chi connectivity index (χ2n) is 2.69. The first-order valence-corrected chi connectivity index (χ1v) is 6.00. The van der Waals surface area contributed by atoms with Crippen molar-refractivity contribution in [1.82, 2.24) is 0 Å². The molecule has 1 unspecified atom stereocenters. The molecule has 0 N–H and O–H groups in total. The summed E-state index contributed by atoms with van der Waals surface area (Å²) in [7, 11) is -0.776. The van der Waals surface area contributed by atoms with Crippen LogP contribution in [0.15, 0.2) is 42.1 Å². The van der Waals surface area contributed by atoms with Crippen LogP contribution in [0, 0.1) is 0 Å². The quantitative estimate of drug-likeness (QED) is 0.553. The summed E-state index contributed by atoms with van der Waals surface area (Å²) in [6.07, 6.45) is 3.94. The van der Waals surface area contributed by atoms with Crippen LogP contribution in [0.2, 0.25) is 0 Å². The third kappa shape index (κ3) is 3.23. The first-order chi connectivity index (χ1) is 6.74. The van der Waals surface area contributed by atoms with Crippen LogP contribution in [-0.4, -0.2) is 12.9 Å². The fourth-order valence-corrected chi connectivity index (χ4v) is 2.03. The third-order valence-corrected chi connectivity index (χ3v) is 3.12. The van der Waals surface area contributed by atoms with Crippen molar-refractivity contribution in [3.05, 3.63) is 42.1 Å². The Morgan fingerprint density at radius 1 is 1.50 bits per heavy atom. The molecule has 2 nitrogen and oxygen atoms in total. The van der Waals surface area contributed by atoms with Crippen molar-refractivity contribution >= 4 is 19.1 Å². The van der Waals surface area contributed by atoms with E-state index in [2.05, 4.69) is 6.30 Å². The van der Waals surface area contributed by atoms with E-state index in [0.717, 1.165) is 5.30 Å². The zero-order chi connectivity index (χ0) is 10.4. The molecule has 0 bridgehead atoms. The van der Waals surface area contributed by atoms with E-state index in [0.29, 0.717) is 6.61 Å². The molecule has 1 atom stereocenters. The molecule has 1 aromatic carbocycles. The maximum Gasteiger partial charge on any atom is 0.156 e. The molecule has 0 aromatic heterocycles. The standard InChI is InChI=1S/C11H13O2P/c1-3-13-11(12)9-14(2)10-7-5-4-6-8-10/h4-9H,2-3H2,1H3. The normalized spacial score (nSPS) is 12.4. The fourth-order valence-electron chi connectivity index (χ4n) is 1.00. The molecule has 0 aliphatic carbocycles.